The fraction of sp³-hybridized carbons (Fsp3) is 0.409. The van der Waals surface area contributed by atoms with E-state index in [9.17, 15) is 18.3 Å². The van der Waals surface area contributed by atoms with E-state index < -0.39 is 18.0 Å². The average Bonchev–Trinajstić information content (AvgIpc) is 3.07. The molecule has 0 saturated carbocycles. The summed E-state index contributed by atoms with van der Waals surface area (Å²) in [5.74, 6) is 0. The molecular formula is C22H22Cl2F3N3O2. The first-order chi connectivity index (χ1) is 15.1. The number of aliphatic hydroxyl groups is 1. The Labute approximate surface area is 193 Å². The summed E-state index contributed by atoms with van der Waals surface area (Å²) in [5.41, 5.74) is 1.98. The van der Waals surface area contributed by atoms with Gasteiger partial charge < -0.3 is 14.4 Å². The third-order valence-electron chi connectivity index (χ3n) is 5.91. The highest BCUT2D eigenvalue weighted by Gasteiger charge is 2.32. The molecule has 1 saturated heterocycles. The van der Waals surface area contributed by atoms with Gasteiger partial charge in [0, 0.05) is 60.5 Å². The summed E-state index contributed by atoms with van der Waals surface area (Å²) in [7, 11) is 1.71. The van der Waals surface area contributed by atoms with Crippen molar-refractivity contribution < 1.29 is 23.0 Å². The highest BCUT2D eigenvalue weighted by Crippen LogP contribution is 2.37. The van der Waals surface area contributed by atoms with E-state index in [-0.39, 0.29) is 11.6 Å². The molecule has 4 rings (SSSR count). The van der Waals surface area contributed by atoms with Gasteiger partial charge in [0.05, 0.1) is 23.8 Å². The van der Waals surface area contributed by atoms with Crippen LogP contribution in [0.3, 0.4) is 0 Å². The van der Waals surface area contributed by atoms with Crippen LogP contribution in [0.25, 0.3) is 10.9 Å². The zero-order chi connectivity index (χ0) is 23.2. The monoisotopic (exact) mass is 487 g/mol. The first-order valence-corrected chi connectivity index (χ1v) is 10.8. The minimum absolute atomic E-state index is 0.186. The van der Waals surface area contributed by atoms with E-state index in [1.165, 1.54) is 6.20 Å². The van der Waals surface area contributed by atoms with Crippen LogP contribution >= 0.6 is 23.2 Å². The Morgan fingerprint density at radius 3 is 2.53 bits per heavy atom. The van der Waals surface area contributed by atoms with Gasteiger partial charge >= 0.3 is 6.18 Å². The third kappa shape index (κ3) is 4.34. The predicted molar refractivity (Wildman–Crippen MR) is 117 cm³/mol. The van der Waals surface area contributed by atoms with E-state index >= 15 is 0 Å². The molecule has 0 amide bonds. The lowest BCUT2D eigenvalue weighted by molar-refractivity contribution is -0.137. The van der Waals surface area contributed by atoms with Gasteiger partial charge in [0.1, 0.15) is 11.4 Å². The SMILES string of the molecule is Cc1cc(C(F)(F)F)cc2c1cc(Cc1c(Cl)ncc(C(O)N3CCOCC3)c1Cl)n2C. The van der Waals surface area contributed by atoms with E-state index in [0.29, 0.717) is 53.5 Å². The molecule has 2 aromatic heterocycles. The van der Waals surface area contributed by atoms with Crippen molar-refractivity contribution in [2.45, 2.75) is 25.7 Å². The summed E-state index contributed by atoms with van der Waals surface area (Å²) in [6, 6.07) is 4.13. The number of aromatic nitrogens is 2. The van der Waals surface area contributed by atoms with Crippen molar-refractivity contribution in [1.29, 1.82) is 0 Å². The van der Waals surface area contributed by atoms with Gasteiger partial charge in [-0.1, -0.05) is 23.2 Å². The maximum Gasteiger partial charge on any atom is 0.416 e. The van der Waals surface area contributed by atoms with Crippen LogP contribution in [-0.4, -0.2) is 45.9 Å². The molecular weight excluding hydrogens is 466 g/mol. The zero-order valence-corrected chi connectivity index (χ0v) is 19.0. The minimum Gasteiger partial charge on any atom is -0.379 e. The Hall–Kier alpha value is -1.84. The normalized spacial score (nSPS) is 16.6. The molecule has 1 aliphatic heterocycles. The number of fused-ring (bicyclic) bond motifs is 1. The van der Waals surface area contributed by atoms with Gasteiger partial charge in [-0.2, -0.15) is 13.2 Å². The van der Waals surface area contributed by atoms with Gasteiger partial charge in [-0.3, -0.25) is 4.90 Å². The Balaban J connectivity index is 1.72. The predicted octanol–water partition coefficient (Wildman–Crippen LogP) is 5.12. The molecule has 0 aliphatic carbocycles. The number of hydrogen-bond acceptors (Lipinski definition) is 4. The number of morpholine rings is 1. The van der Waals surface area contributed by atoms with Crippen molar-refractivity contribution in [2.75, 3.05) is 26.3 Å². The average molecular weight is 488 g/mol. The van der Waals surface area contributed by atoms with Gasteiger partial charge in [0.15, 0.2) is 0 Å². The second kappa shape index (κ2) is 8.83. The van der Waals surface area contributed by atoms with Crippen molar-refractivity contribution in [3.05, 3.63) is 62.5 Å². The number of nitrogens with zero attached hydrogens (tertiary/aromatic N) is 3. The molecule has 1 unspecified atom stereocenters. The van der Waals surface area contributed by atoms with Crippen LogP contribution in [0, 0.1) is 6.92 Å². The number of aliphatic hydroxyl groups excluding tert-OH is 1. The van der Waals surface area contributed by atoms with Crippen molar-refractivity contribution in [3.63, 3.8) is 0 Å². The fourth-order valence-corrected chi connectivity index (χ4v) is 4.61. The van der Waals surface area contributed by atoms with Crippen molar-refractivity contribution in [2.24, 2.45) is 7.05 Å². The van der Waals surface area contributed by atoms with Gasteiger partial charge in [0.2, 0.25) is 0 Å². The molecule has 32 heavy (non-hydrogen) atoms. The fourth-order valence-electron chi connectivity index (χ4n) is 4.05. The highest BCUT2D eigenvalue weighted by atomic mass is 35.5. The van der Waals surface area contributed by atoms with Crippen molar-refractivity contribution in [3.8, 4) is 0 Å². The highest BCUT2D eigenvalue weighted by molar-refractivity contribution is 6.35. The Morgan fingerprint density at radius 2 is 1.88 bits per heavy atom. The topological polar surface area (TPSA) is 50.5 Å². The summed E-state index contributed by atoms with van der Waals surface area (Å²) in [6.07, 6.45) is -3.68. The second-order valence-corrected chi connectivity index (χ2v) is 8.65. The molecule has 3 aromatic rings. The van der Waals surface area contributed by atoms with Crippen LogP contribution in [0.5, 0.6) is 0 Å². The molecule has 5 nitrogen and oxygen atoms in total. The van der Waals surface area contributed by atoms with Crippen LogP contribution < -0.4 is 0 Å². The molecule has 1 aromatic carbocycles. The number of pyridine rings is 1. The molecule has 1 N–H and O–H groups in total. The van der Waals surface area contributed by atoms with Crippen LogP contribution in [-0.2, 0) is 24.4 Å². The number of rotatable bonds is 4. The van der Waals surface area contributed by atoms with Gasteiger partial charge in [-0.15, -0.1) is 0 Å². The summed E-state index contributed by atoms with van der Waals surface area (Å²) >= 11 is 13.0. The summed E-state index contributed by atoms with van der Waals surface area (Å²) < 4.78 is 46.8. The quantitative estimate of drug-likeness (QED) is 0.518. The second-order valence-electron chi connectivity index (χ2n) is 7.91. The summed E-state index contributed by atoms with van der Waals surface area (Å²) in [4.78, 5) is 6.04. The summed E-state index contributed by atoms with van der Waals surface area (Å²) in [6.45, 7) is 3.79. The van der Waals surface area contributed by atoms with Gasteiger partial charge in [-0.05, 0) is 30.7 Å². The zero-order valence-electron chi connectivity index (χ0n) is 17.5. The van der Waals surface area contributed by atoms with Crippen LogP contribution in [0.2, 0.25) is 10.2 Å². The lowest BCUT2D eigenvalue weighted by Gasteiger charge is -2.31. The molecule has 0 bridgehead atoms. The summed E-state index contributed by atoms with van der Waals surface area (Å²) in [5, 5.41) is 12.0. The lowest BCUT2D eigenvalue weighted by atomic mass is 10.1. The largest absolute Gasteiger partial charge is 0.416 e. The molecule has 1 atom stereocenters. The van der Waals surface area contributed by atoms with Crippen molar-refractivity contribution >= 4 is 34.1 Å². The first kappa shape index (κ1) is 23.3. The maximum atomic E-state index is 13.3. The Morgan fingerprint density at radius 1 is 1.19 bits per heavy atom. The van der Waals surface area contributed by atoms with Crippen LogP contribution in [0.15, 0.2) is 24.4 Å². The third-order valence-corrected chi connectivity index (χ3v) is 6.68. The first-order valence-electron chi connectivity index (χ1n) is 10.1. The number of ether oxygens (including phenoxy) is 1. The molecule has 0 spiro atoms. The van der Waals surface area contributed by atoms with E-state index in [1.54, 1.807) is 18.5 Å². The Bertz CT molecular complexity index is 1160. The standard InChI is InChI=1S/C22H22Cl2F3N3O2/c1-12-7-13(22(25,26)27)8-18-15(12)9-14(29(18)2)10-16-19(23)17(11-28-20(16)24)21(31)30-3-5-32-6-4-30/h7-9,11,21,31H,3-6,10H2,1-2H3. The van der Waals surface area contributed by atoms with Crippen LogP contribution in [0.1, 0.15) is 34.2 Å². The number of hydrogen-bond donors (Lipinski definition) is 1. The number of halogens is 5. The van der Waals surface area contributed by atoms with Crippen molar-refractivity contribution in [1.82, 2.24) is 14.5 Å². The number of aryl methyl sites for hydroxylation is 2. The lowest BCUT2D eigenvalue weighted by Crippen LogP contribution is -2.39. The number of benzene rings is 1. The molecule has 10 heteroatoms. The van der Waals surface area contributed by atoms with Crippen LogP contribution in [0.4, 0.5) is 13.2 Å². The maximum absolute atomic E-state index is 13.3. The van der Waals surface area contributed by atoms with Gasteiger partial charge in [0.25, 0.3) is 0 Å². The van der Waals surface area contributed by atoms with E-state index in [0.717, 1.165) is 23.2 Å². The minimum atomic E-state index is -4.43. The molecule has 3 heterocycles. The molecule has 1 aliphatic rings. The van der Waals surface area contributed by atoms with E-state index in [4.69, 9.17) is 27.9 Å². The molecule has 1 fully saturated rings. The van der Waals surface area contributed by atoms with E-state index in [1.807, 2.05) is 11.0 Å². The van der Waals surface area contributed by atoms with Gasteiger partial charge in [-0.25, -0.2) is 4.98 Å². The Kier molecular flexibility index (Phi) is 6.44. The number of alkyl halides is 3. The van der Waals surface area contributed by atoms with E-state index in [2.05, 4.69) is 4.98 Å². The molecule has 172 valence electrons. The molecule has 0 radical (unpaired) electrons. The smallest absolute Gasteiger partial charge is 0.379 e.